The van der Waals surface area contributed by atoms with Gasteiger partial charge in [0.2, 0.25) is 0 Å². The van der Waals surface area contributed by atoms with Gasteiger partial charge in [-0.1, -0.05) is 0 Å². The van der Waals surface area contributed by atoms with E-state index in [1.165, 1.54) is 0 Å². The van der Waals surface area contributed by atoms with Gasteiger partial charge in [0.15, 0.2) is 0 Å². The molecule has 0 saturated carbocycles. The Morgan fingerprint density at radius 3 is 1.25 bits per heavy atom. The van der Waals surface area contributed by atoms with E-state index in [-0.39, 0.29) is 109 Å². The third-order valence-corrected chi connectivity index (χ3v) is 0. The molecule has 17 valence electrons. The van der Waals surface area contributed by atoms with E-state index in [9.17, 15) is 0 Å². The van der Waals surface area contributed by atoms with Crippen LogP contribution in [0.1, 0.15) is 1.43 Å². The van der Waals surface area contributed by atoms with Crippen LogP contribution in [0, 0.1) is 0 Å². The number of hydrogen-bond acceptors (Lipinski definition) is 0. The van der Waals surface area contributed by atoms with E-state index in [1.54, 1.807) is 0 Å². The standard InChI is InChI=1S/K.Na.H3P.Se.H/h;;1H3;;/q+1;;;;-1. The first-order chi connectivity index (χ1) is 0. The van der Waals surface area contributed by atoms with Gasteiger partial charge in [0.05, 0.1) is 0 Å². The molecule has 0 spiro atoms. The Hall–Kier alpha value is 3.59. The predicted molar refractivity (Wildman–Crippen MR) is 23.7 cm³/mol. The second kappa shape index (κ2) is 16.0. The van der Waals surface area contributed by atoms with Crippen molar-refractivity contribution in [3.8, 4) is 0 Å². The van der Waals surface area contributed by atoms with Gasteiger partial charge < -0.3 is 1.43 Å². The van der Waals surface area contributed by atoms with Crippen LogP contribution in [0.5, 0.6) is 0 Å². The van der Waals surface area contributed by atoms with Crippen molar-refractivity contribution in [3.05, 3.63) is 0 Å². The van der Waals surface area contributed by atoms with Crippen LogP contribution in [-0.2, 0) is 0 Å². The monoisotopic (exact) mass is 177 g/mol. The minimum Gasteiger partial charge on any atom is -1.00 e. The van der Waals surface area contributed by atoms with E-state index < -0.39 is 0 Å². The summed E-state index contributed by atoms with van der Waals surface area (Å²) in [7, 11) is 0. The third-order valence-electron chi connectivity index (χ3n) is 0. The molecule has 0 aliphatic carbocycles. The van der Waals surface area contributed by atoms with Gasteiger partial charge >= 0.3 is 51.4 Å². The van der Waals surface area contributed by atoms with E-state index >= 15 is 0 Å². The average Bonchev–Trinajstić information content (AvgIpc) is 0. The van der Waals surface area contributed by atoms with Gasteiger partial charge in [-0.05, 0) is 0 Å². The summed E-state index contributed by atoms with van der Waals surface area (Å²) in [6.07, 6.45) is 0. The van der Waals surface area contributed by atoms with E-state index in [1.807, 2.05) is 0 Å². The predicted octanol–water partition coefficient (Wildman–Crippen LogP) is -3.59. The third kappa shape index (κ3) is 9.14. The summed E-state index contributed by atoms with van der Waals surface area (Å²) in [5.41, 5.74) is 0. The molecule has 0 bridgehead atoms. The van der Waals surface area contributed by atoms with Crippen molar-refractivity contribution in [2.45, 2.75) is 0 Å². The summed E-state index contributed by atoms with van der Waals surface area (Å²) in [4.78, 5) is 0. The van der Waals surface area contributed by atoms with Gasteiger partial charge in [-0.3, -0.25) is 0 Å². The zero-order valence-electron chi connectivity index (χ0n) is 4.12. The first-order valence-electron chi connectivity index (χ1n) is 0. The van der Waals surface area contributed by atoms with Gasteiger partial charge in [-0.15, -0.1) is 0 Å². The topological polar surface area (TPSA) is 0 Å². The molecule has 3 radical (unpaired) electrons. The van der Waals surface area contributed by atoms with Gasteiger partial charge in [0, 0.05) is 46.6 Å². The molecular formula is H4KNaPSe. The minimum atomic E-state index is 0. The molecule has 0 aliphatic heterocycles. The Labute approximate surface area is 107 Å². The van der Waals surface area contributed by atoms with Crippen LogP contribution in [0.2, 0.25) is 0 Å². The molecule has 0 aliphatic rings. The van der Waals surface area contributed by atoms with Crippen molar-refractivity contribution in [1.82, 2.24) is 0 Å². The summed E-state index contributed by atoms with van der Waals surface area (Å²) in [6.45, 7) is 0. The van der Waals surface area contributed by atoms with Crippen LogP contribution < -0.4 is 51.4 Å². The van der Waals surface area contributed by atoms with Crippen molar-refractivity contribution in [2.75, 3.05) is 0 Å². The largest absolute Gasteiger partial charge is 1.00 e. The summed E-state index contributed by atoms with van der Waals surface area (Å²) in [5.74, 6) is 0. The van der Waals surface area contributed by atoms with E-state index in [0.717, 1.165) is 0 Å². The fourth-order valence-electron chi connectivity index (χ4n) is 0. The molecule has 0 amide bonds. The second-order valence-electron chi connectivity index (χ2n) is 0. The molecule has 0 fully saturated rings. The maximum absolute atomic E-state index is 0. The van der Waals surface area contributed by atoms with E-state index in [4.69, 9.17) is 0 Å². The first-order valence-corrected chi connectivity index (χ1v) is 0. The summed E-state index contributed by atoms with van der Waals surface area (Å²) in [5, 5.41) is 0. The van der Waals surface area contributed by atoms with Gasteiger partial charge in [0.1, 0.15) is 0 Å². The molecule has 0 rings (SSSR count). The van der Waals surface area contributed by atoms with Gasteiger partial charge in [-0.2, -0.15) is 9.90 Å². The molecule has 0 aromatic heterocycles. The van der Waals surface area contributed by atoms with Crippen LogP contribution in [0.4, 0.5) is 0 Å². The molecule has 0 aromatic rings. The molecule has 4 heteroatoms. The minimum absolute atomic E-state index is 0. The Kier molecular flexibility index (Phi) is 102. The molecule has 4 heavy (non-hydrogen) atoms. The fraction of sp³-hybridized carbons (Fsp3) is 0. The molecule has 1 atom stereocenters. The Balaban J connectivity index is 0. The first kappa shape index (κ1) is 25.6. The molecular weight excluding hydrogens is 172 g/mol. The molecule has 0 heterocycles. The zero-order chi connectivity index (χ0) is 0. The molecule has 0 N–H and O–H groups in total. The van der Waals surface area contributed by atoms with Crippen molar-refractivity contribution in [3.63, 3.8) is 0 Å². The van der Waals surface area contributed by atoms with Crippen LogP contribution in [-0.4, -0.2) is 46.6 Å². The Morgan fingerprint density at radius 2 is 1.25 bits per heavy atom. The van der Waals surface area contributed by atoms with Crippen LogP contribution in [0.3, 0.4) is 0 Å². The molecule has 0 nitrogen and oxygen atoms in total. The smallest absolute Gasteiger partial charge is 1.00 e. The van der Waals surface area contributed by atoms with E-state index in [2.05, 4.69) is 0 Å². The maximum atomic E-state index is 0. The SMILES string of the molecule is P.[H-].[K+].[Na].[Se]. The van der Waals surface area contributed by atoms with Crippen LogP contribution in [0.25, 0.3) is 0 Å². The van der Waals surface area contributed by atoms with Gasteiger partial charge in [0.25, 0.3) is 0 Å². The summed E-state index contributed by atoms with van der Waals surface area (Å²) < 4.78 is 0. The Bertz CT molecular complexity index is 11.6. The summed E-state index contributed by atoms with van der Waals surface area (Å²) in [6, 6.07) is 0. The van der Waals surface area contributed by atoms with Crippen molar-refractivity contribution < 1.29 is 52.8 Å². The average molecular weight is 176 g/mol. The van der Waals surface area contributed by atoms with Crippen molar-refractivity contribution in [1.29, 1.82) is 0 Å². The van der Waals surface area contributed by atoms with Crippen LogP contribution in [0.15, 0.2) is 0 Å². The normalized spacial score (nSPS) is 0. The quantitative estimate of drug-likeness (QED) is 0.264. The zero-order valence-corrected chi connectivity index (χ0v) is 11.4. The fourth-order valence-corrected chi connectivity index (χ4v) is 0. The van der Waals surface area contributed by atoms with Crippen molar-refractivity contribution in [2.24, 2.45) is 0 Å². The second-order valence-corrected chi connectivity index (χ2v) is 0. The molecule has 1 unspecified atom stereocenters. The number of rotatable bonds is 0. The van der Waals surface area contributed by atoms with Crippen LogP contribution >= 0.6 is 9.90 Å². The van der Waals surface area contributed by atoms with E-state index in [0.29, 0.717) is 0 Å². The molecule has 0 aromatic carbocycles. The molecule has 0 saturated heterocycles. The number of hydrogen-bond donors (Lipinski definition) is 0. The summed E-state index contributed by atoms with van der Waals surface area (Å²) >= 11 is 0. The van der Waals surface area contributed by atoms with Gasteiger partial charge in [-0.25, -0.2) is 0 Å². The Morgan fingerprint density at radius 1 is 1.25 bits per heavy atom. The van der Waals surface area contributed by atoms with Crippen molar-refractivity contribution >= 4 is 56.5 Å². The maximum Gasteiger partial charge on any atom is 1.00 e.